The summed E-state index contributed by atoms with van der Waals surface area (Å²) in [6, 6.07) is 3.59. The number of sulfone groups is 1. The number of anilines is 3. The predicted molar refractivity (Wildman–Crippen MR) is 104 cm³/mol. The molecule has 27 heavy (non-hydrogen) atoms. The molecule has 4 heterocycles. The molecule has 0 aliphatic carbocycles. The molecule has 0 bridgehead atoms. The first-order valence-electron chi connectivity index (χ1n) is 9.08. The summed E-state index contributed by atoms with van der Waals surface area (Å²) >= 11 is 0. The Balaban J connectivity index is 1.43. The van der Waals surface area contributed by atoms with E-state index in [9.17, 15) is 8.42 Å². The van der Waals surface area contributed by atoms with E-state index >= 15 is 0 Å². The van der Waals surface area contributed by atoms with Crippen molar-refractivity contribution in [2.45, 2.75) is 19.4 Å². The van der Waals surface area contributed by atoms with Crippen LogP contribution in [0, 0.1) is 6.92 Å². The minimum Gasteiger partial charge on any atom is -0.366 e. The lowest BCUT2D eigenvalue weighted by Gasteiger charge is -2.34. The van der Waals surface area contributed by atoms with Gasteiger partial charge in [0.1, 0.15) is 5.82 Å². The minimum atomic E-state index is -2.92. The monoisotopic (exact) mass is 389 g/mol. The third-order valence-corrected chi connectivity index (χ3v) is 6.59. The second-order valence-electron chi connectivity index (χ2n) is 6.96. The first-order chi connectivity index (χ1) is 13.0. The van der Waals surface area contributed by atoms with Gasteiger partial charge in [-0.1, -0.05) is 0 Å². The Morgan fingerprint density at radius 3 is 2.33 bits per heavy atom. The maximum Gasteiger partial charge on any atom is 0.227 e. The first kappa shape index (κ1) is 17.9. The molecule has 0 saturated carbocycles. The molecule has 1 unspecified atom stereocenters. The fraction of sp³-hybridized carbons (Fsp3) is 0.529. The zero-order valence-electron chi connectivity index (χ0n) is 15.2. The van der Waals surface area contributed by atoms with Crippen molar-refractivity contribution < 1.29 is 8.42 Å². The van der Waals surface area contributed by atoms with Crippen LogP contribution < -0.4 is 15.1 Å². The van der Waals surface area contributed by atoms with Crippen molar-refractivity contribution >= 4 is 27.6 Å². The summed E-state index contributed by atoms with van der Waals surface area (Å²) in [5, 5.41) is 3.26. The molecule has 0 aromatic carbocycles. The van der Waals surface area contributed by atoms with Crippen molar-refractivity contribution in [1.82, 2.24) is 19.9 Å². The number of hydrogen-bond acceptors (Lipinski definition) is 9. The lowest BCUT2D eigenvalue weighted by molar-refractivity contribution is 0.602. The summed E-state index contributed by atoms with van der Waals surface area (Å²) in [5.74, 6) is 2.51. The van der Waals surface area contributed by atoms with Gasteiger partial charge in [-0.15, -0.1) is 0 Å². The summed E-state index contributed by atoms with van der Waals surface area (Å²) < 4.78 is 23.3. The van der Waals surface area contributed by atoms with Crippen LogP contribution in [0.3, 0.4) is 0 Å². The van der Waals surface area contributed by atoms with E-state index < -0.39 is 9.84 Å². The second-order valence-corrected chi connectivity index (χ2v) is 9.19. The standard InChI is InChI=1S/C17H23N7O2S/c1-13-11-15(21-14-3-10-27(25,26)12-14)22-17(20-13)24-8-6-23(7-9-24)16-18-4-2-5-19-16/h2,4-5,11,14H,3,6-10,12H2,1H3,(H,20,21,22). The zero-order valence-corrected chi connectivity index (χ0v) is 16.1. The van der Waals surface area contributed by atoms with Crippen molar-refractivity contribution in [3.05, 3.63) is 30.2 Å². The molecular weight excluding hydrogens is 366 g/mol. The summed E-state index contributed by atoms with van der Waals surface area (Å²) in [5.41, 5.74) is 0.858. The van der Waals surface area contributed by atoms with Gasteiger partial charge in [0, 0.05) is 56.4 Å². The van der Waals surface area contributed by atoms with E-state index in [1.54, 1.807) is 12.4 Å². The van der Waals surface area contributed by atoms with Crippen molar-refractivity contribution in [2.24, 2.45) is 0 Å². The lowest BCUT2D eigenvalue weighted by atomic mass is 10.2. The highest BCUT2D eigenvalue weighted by Gasteiger charge is 2.28. The molecule has 2 saturated heterocycles. The van der Waals surface area contributed by atoms with Gasteiger partial charge < -0.3 is 15.1 Å². The third kappa shape index (κ3) is 4.26. The van der Waals surface area contributed by atoms with Crippen LogP contribution in [0.4, 0.5) is 17.7 Å². The van der Waals surface area contributed by atoms with Gasteiger partial charge in [-0.05, 0) is 19.4 Å². The Bertz CT molecular complexity index is 899. The predicted octanol–water partition coefficient (Wildman–Crippen LogP) is 0.501. The van der Waals surface area contributed by atoms with E-state index in [4.69, 9.17) is 0 Å². The molecule has 2 aromatic heterocycles. The molecule has 0 spiro atoms. The van der Waals surface area contributed by atoms with E-state index in [1.807, 2.05) is 19.1 Å². The number of rotatable bonds is 4. The van der Waals surface area contributed by atoms with Gasteiger partial charge in [0.2, 0.25) is 11.9 Å². The Hall–Kier alpha value is -2.49. The third-order valence-electron chi connectivity index (χ3n) is 4.82. The number of hydrogen-bond donors (Lipinski definition) is 1. The van der Waals surface area contributed by atoms with Gasteiger partial charge in [-0.25, -0.2) is 23.4 Å². The minimum absolute atomic E-state index is 0.0794. The molecule has 0 amide bonds. The van der Waals surface area contributed by atoms with E-state index in [0.717, 1.165) is 37.8 Å². The van der Waals surface area contributed by atoms with Crippen LogP contribution in [0.5, 0.6) is 0 Å². The highest BCUT2D eigenvalue weighted by atomic mass is 32.2. The topological polar surface area (TPSA) is 104 Å². The number of nitrogens with zero attached hydrogens (tertiary/aromatic N) is 6. The van der Waals surface area contributed by atoms with Gasteiger partial charge >= 0.3 is 0 Å². The van der Waals surface area contributed by atoms with Crippen molar-refractivity contribution in [2.75, 3.05) is 52.8 Å². The van der Waals surface area contributed by atoms with Gasteiger partial charge in [0.25, 0.3) is 0 Å². The average molecular weight is 389 g/mol. The molecule has 2 aliphatic heterocycles. The van der Waals surface area contributed by atoms with Gasteiger partial charge in [-0.2, -0.15) is 4.98 Å². The first-order valence-corrected chi connectivity index (χ1v) is 10.9. The molecule has 2 aliphatic rings. The van der Waals surface area contributed by atoms with Gasteiger partial charge in [0.15, 0.2) is 9.84 Å². The van der Waals surface area contributed by atoms with Gasteiger partial charge in [0.05, 0.1) is 11.5 Å². The van der Waals surface area contributed by atoms with Gasteiger partial charge in [-0.3, -0.25) is 0 Å². The highest BCUT2D eigenvalue weighted by molar-refractivity contribution is 7.91. The summed E-state index contributed by atoms with van der Waals surface area (Å²) in [6.07, 6.45) is 4.12. The molecule has 1 N–H and O–H groups in total. The molecule has 10 heteroatoms. The highest BCUT2D eigenvalue weighted by Crippen LogP contribution is 2.20. The van der Waals surface area contributed by atoms with Crippen molar-refractivity contribution in [1.29, 1.82) is 0 Å². The smallest absolute Gasteiger partial charge is 0.227 e. The van der Waals surface area contributed by atoms with E-state index in [2.05, 4.69) is 35.1 Å². The van der Waals surface area contributed by atoms with Crippen LogP contribution in [-0.2, 0) is 9.84 Å². The summed E-state index contributed by atoms with van der Waals surface area (Å²) in [7, 11) is -2.92. The fourth-order valence-electron chi connectivity index (χ4n) is 3.45. The fourth-order valence-corrected chi connectivity index (χ4v) is 5.12. The molecule has 144 valence electrons. The number of aryl methyl sites for hydroxylation is 1. The maximum atomic E-state index is 11.7. The molecule has 0 radical (unpaired) electrons. The lowest BCUT2D eigenvalue weighted by Crippen LogP contribution is -2.47. The SMILES string of the molecule is Cc1cc(NC2CCS(=O)(=O)C2)nc(N2CCN(c3ncccn3)CC2)n1. The van der Waals surface area contributed by atoms with Crippen molar-refractivity contribution in [3.8, 4) is 0 Å². The summed E-state index contributed by atoms with van der Waals surface area (Å²) in [6.45, 7) is 5.07. The molecular formula is C17H23N7O2S. The summed E-state index contributed by atoms with van der Waals surface area (Å²) in [4.78, 5) is 22.1. The normalized spacial score (nSPS) is 22.0. The average Bonchev–Trinajstić information content (AvgIpc) is 3.00. The number of piperazine rings is 1. The second kappa shape index (κ2) is 7.26. The Morgan fingerprint density at radius 2 is 1.70 bits per heavy atom. The van der Waals surface area contributed by atoms with E-state index in [1.165, 1.54) is 0 Å². The molecule has 2 fully saturated rings. The molecule has 9 nitrogen and oxygen atoms in total. The van der Waals surface area contributed by atoms with Crippen LogP contribution in [0.1, 0.15) is 12.1 Å². The molecule has 4 rings (SSSR count). The Kier molecular flexibility index (Phi) is 4.81. The number of nitrogens with one attached hydrogen (secondary N) is 1. The number of aromatic nitrogens is 4. The van der Waals surface area contributed by atoms with E-state index in [-0.39, 0.29) is 17.5 Å². The van der Waals surface area contributed by atoms with Crippen LogP contribution in [0.2, 0.25) is 0 Å². The largest absolute Gasteiger partial charge is 0.366 e. The molecule has 1 atom stereocenters. The Labute approximate surface area is 158 Å². The molecule has 2 aromatic rings. The van der Waals surface area contributed by atoms with Crippen LogP contribution in [-0.4, -0.2) is 72.1 Å². The quantitative estimate of drug-likeness (QED) is 0.800. The maximum absolute atomic E-state index is 11.7. The zero-order chi connectivity index (χ0) is 18.9. The van der Waals surface area contributed by atoms with Crippen LogP contribution in [0.15, 0.2) is 24.5 Å². The van der Waals surface area contributed by atoms with E-state index in [0.29, 0.717) is 18.2 Å². The Morgan fingerprint density at radius 1 is 1.04 bits per heavy atom. The van der Waals surface area contributed by atoms with Crippen LogP contribution in [0.25, 0.3) is 0 Å². The van der Waals surface area contributed by atoms with Crippen LogP contribution >= 0.6 is 0 Å². The van der Waals surface area contributed by atoms with Crippen molar-refractivity contribution in [3.63, 3.8) is 0 Å².